The highest BCUT2D eigenvalue weighted by Crippen LogP contribution is 2.27. The number of aromatic nitrogens is 4. The molecule has 0 atom stereocenters. The molecule has 0 spiro atoms. The van der Waals surface area contributed by atoms with Gasteiger partial charge in [-0.2, -0.15) is 5.10 Å². The molecule has 0 N–H and O–H groups in total. The lowest BCUT2D eigenvalue weighted by Gasteiger charge is -2.13. The molecule has 4 aromatic rings. The first kappa shape index (κ1) is 17.8. The number of pyridine rings is 2. The minimum Gasteiger partial charge on any atom is -0.345 e. The lowest BCUT2D eigenvalue weighted by atomic mass is 10.0. The van der Waals surface area contributed by atoms with Crippen LogP contribution >= 0.6 is 0 Å². The van der Waals surface area contributed by atoms with E-state index in [1.54, 1.807) is 49.5 Å². The number of carbonyl (C=O) groups excluding carboxylic acids is 1. The predicted molar refractivity (Wildman–Crippen MR) is 105 cm³/mol. The van der Waals surface area contributed by atoms with E-state index in [0.29, 0.717) is 22.2 Å². The highest BCUT2D eigenvalue weighted by atomic mass is 19.1. The first-order valence-corrected chi connectivity index (χ1v) is 8.72. The van der Waals surface area contributed by atoms with Gasteiger partial charge in [0.15, 0.2) is 0 Å². The Labute approximate surface area is 161 Å². The second kappa shape index (κ2) is 6.84. The van der Waals surface area contributed by atoms with E-state index in [1.165, 1.54) is 17.0 Å². The number of fused-ring (bicyclic) bond motifs is 1. The van der Waals surface area contributed by atoms with E-state index in [4.69, 9.17) is 0 Å². The van der Waals surface area contributed by atoms with Crippen LogP contribution < -0.4 is 0 Å². The molecule has 7 heteroatoms. The summed E-state index contributed by atoms with van der Waals surface area (Å²) in [7, 11) is 3.37. The third-order valence-corrected chi connectivity index (χ3v) is 4.52. The van der Waals surface area contributed by atoms with Crippen molar-refractivity contribution in [1.29, 1.82) is 0 Å². The number of hydrogen-bond donors (Lipinski definition) is 0. The Bertz CT molecular complexity index is 1200. The first-order valence-electron chi connectivity index (χ1n) is 8.72. The van der Waals surface area contributed by atoms with Gasteiger partial charge in [-0.05, 0) is 36.8 Å². The van der Waals surface area contributed by atoms with E-state index in [0.717, 1.165) is 16.8 Å². The van der Waals surface area contributed by atoms with Crippen molar-refractivity contribution >= 4 is 16.8 Å². The topological polar surface area (TPSA) is 63.9 Å². The van der Waals surface area contributed by atoms with Crippen molar-refractivity contribution in [1.82, 2.24) is 24.6 Å². The lowest BCUT2D eigenvalue weighted by molar-refractivity contribution is 0.0829. The molecule has 0 unspecified atom stereocenters. The SMILES string of the molecule is Cc1cnccc1-n1cc(-c2cc(C(=O)N(C)C)c3ccc(F)cc3n2)cn1. The van der Waals surface area contributed by atoms with E-state index < -0.39 is 5.82 Å². The number of aryl methyl sites for hydroxylation is 1. The number of nitrogens with zero attached hydrogens (tertiary/aromatic N) is 5. The summed E-state index contributed by atoms with van der Waals surface area (Å²) in [5.74, 6) is -0.568. The van der Waals surface area contributed by atoms with Crippen molar-refractivity contribution in [2.75, 3.05) is 14.1 Å². The predicted octanol–water partition coefficient (Wildman–Crippen LogP) is 3.63. The van der Waals surface area contributed by atoms with Crippen LogP contribution in [0.3, 0.4) is 0 Å². The van der Waals surface area contributed by atoms with E-state index in [9.17, 15) is 9.18 Å². The fourth-order valence-corrected chi connectivity index (χ4v) is 3.08. The molecular weight excluding hydrogens is 357 g/mol. The molecule has 0 aliphatic carbocycles. The normalized spacial score (nSPS) is 11.0. The van der Waals surface area contributed by atoms with Gasteiger partial charge >= 0.3 is 0 Å². The molecule has 1 aromatic carbocycles. The molecule has 0 fully saturated rings. The van der Waals surface area contributed by atoms with Crippen LogP contribution in [-0.4, -0.2) is 44.7 Å². The number of amides is 1. The molecule has 0 aliphatic heterocycles. The summed E-state index contributed by atoms with van der Waals surface area (Å²) >= 11 is 0. The van der Waals surface area contributed by atoms with Crippen LogP contribution in [0.15, 0.2) is 55.1 Å². The average molecular weight is 375 g/mol. The molecule has 0 bridgehead atoms. The maximum Gasteiger partial charge on any atom is 0.254 e. The lowest BCUT2D eigenvalue weighted by Crippen LogP contribution is -2.22. The van der Waals surface area contributed by atoms with Crippen molar-refractivity contribution in [2.24, 2.45) is 0 Å². The maximum absolute atomic E-state index is 13.8. The van der Waals surface area contributed by atoms with Crippen LogP contribution in [0, 0.1) is 12.7 Å². The van der Waals surface area contributed by atoms with Gasteiger partial charge in [0, 0.05) is 49.7 Å². The molecule has 0 saturated carbocycles. The summed E-state index contributed by atoms with van der Waals surface area (Å²) in [4.78, 5) is 22.8. The molecule has 1 amide bonds. The Morgan fingerprint density at radius 1 is 1.14 bits per heavy atom. The standard InChI is InChI=1S/C21H18FN5O/c1-13-10-23-7-6-20(13)27-12-14(11-24-27)18-9-17(21(28)26(2)3)16-5-4-15(22)8-19(16)25-18/h4-12H,1-3H3. The van der Waals surface area contributed by atoms with E-state index in [-0.39, 0.29) is 5.91 Å². The Balaban J connectivity index is 1.88. The Kier molecular flexibility index (Phi) is 4.35. The molecule has 3 heterocycles. The Morgan fingerprint density at radius 2 is 1.96 bits per heavy atom. The van der Waals surface area contributed by atoms with Gasteiger partial charge in [0.2, 0.25) is 0 Å². The summed E-state index contributed by atoms with van der Waals surface area (Å²) in [5.41, 5.74) is 4.07. The van der Waals surface area contributed by atoms with Gasteiger partial charge in [0.25, 0.3) is 5.91 Å². The second-order valence-corrected chi connectivity index (χ2v) is 6.75. The number of carbonyl (C=O) groups is 1. The van der Waals surface area contributed by atoms with Crippen LogP contribution in [0.25, 0.3) is 27.8 Å². The molecule has 0 radical (unpaired) electrons. The van der Waals surface area contributed by atoms with Crippen molar-refractivity contribution < 1.29 is 9.18 Å². The molecule has 140 valence electrons. The summed E-state index contributed by atoms with van der Waals surface area (Å²) < 4.78 is 15.5. The third-order valence-electron chi connectivity index (χ3n) is 4.52. The molecule has 0 saturated heterocycles. The number of hydrogen-bond acceptors (Lipinski definition) is 4. The summed E-state index contributed by atoms with van der Waals surface area (Å²) in [6, 6.07) is 7.85. The second-order valence-electron chi connectivity index (χ2n) is 6.75. The van der Waals surface area contributed by atoms with E-state index in [1.807, 2.05) is 19.2 Å². The molecule has 28 heavy (non-hydrogen) atoms. The van der Waals surface area contributed by atoms with Gasteiger partial charge in [-0.15, -0.1) is 0 Å². The zero-order valence-electron chi connectivity index (χ0n) is 15.7. The number of halogens is 1. The smallest absolute Gasteiger partial charge is 0.254 e. The van der Waals surface area contributed by atoms with Crippen LogP contribution in [0.4, 0.5) is 4.39 Å². The minimum absolute atomic E-state index is 0.169. The van der Waals surface area contributed by atoms with Crippen molar-refractivity contribution in [3.8, 4) is 16.9 Å². The fourth-order valence-electron chi connectivity index (χ4n) is 3.08. The van der Waals surface area contributed by atoms with Crippen LogP contribution in [0.1, 0.15) is 15.9 Å². The molecular formula is C21H18FN5O. The Hall–Kier alpha value is -3.61. The molecule has 6 nitrogen and oxygen atoms in total. The van der Waals surface area contributed by atoms with Crippen LogP contribution in [0.2, 0.25) is 0 Å². The van der Waals surface area contributed by atoms with Crippen LogP contribution in [-0.2, 0) is 0 Å². The first-order chi connectivity index (χ1) is 13.4. The van der Waals surface area contributed by atoms with Crippen LogP contribution in [0.5, 0.6) is 0 Å². The average Bonchev–Trinajstić information content (AvgIpc) is 3.16. The van der Waals surface area contributed by atoms with Gasteiger partial charge in [0.05, 0.1) is 28.7 Å². The molecule has 4 rings (SSSR count). The zero-order valence-corrected chi connectivity index (χ0v) is 15.7. The monoisotopic (exact) mass is 375 g/mol. The number of rotatable bonds is 3. The van der Waals surface area contributed by atoms with Crippen molar-refractivity contribution in [3.63, 3.8) is 0 Å². The van der Waals surface area contributed by atoms with Gasteiger partial charge in [-0.1, -0.05) is 0 Å². The quantitative estimate of drug-likeness (QED) is 0.549. The zero-order chi connectivity index (χ0) is 19.8. The van der Waals surface area contributed by atoms with Crippen molar-refractivity contribution in [3.05, 3.63) is 72.1 Å². The molecule has 3 aromatic heterocycles. The van der Waals surface area contributed by atoms with Gasteiger partial charge < -0.3 is 4.90 Å². The summed E-state index contributed by atoms with van der Waals surface area (Å²) in [6.07, 6.45) is 6.98. The van der Waals surface area contributed by atoms with Gasteiger partial charge in [-0.25, -0.2) is 14.1 Å². The largest absolute Gasteiger partial charge is 0.345 e. The number of benzene rings is 1. The Morgan fingerprint density at radius 3 is 2.71 bits per heavy atom. The molecule has 0 aliphatic rings. The van der Waals surface area contributed by atoms with Crippen molar-refractivity contribution in [2.45, 2.75) is 6.92 Å². The highest BCUT2D eigenvalue weighted by molar-refractivity contribution is 6.07. The summed E-state index contributed by atoms with van der Waals surface area (Å²) in [6.45, 7) is 1.95. The maximum atomic E-state index is 13.8. The highest BCUT2D eigenvalue weighted by Gasteiger charge is 2.17. The third kappa shape index (κ3) is 3.11. The van der Waals surface area contributed by atoms with Gasteiger partial charge in [-0.3, -0.25) is 9.78 Å². The fraction of sp³-hybridized carbons (Fsp3) is 0.143. The summed E-state index contributed by atoms with van der Waals surface area (Å²) in [5, 5.41) is 5.02. The van der Waals surface area contributed by atoms with E-state index >= 15 is 0 Å². The van der Waals surface area contributed by atoms with Gasteiger partial charge in [0.1, 0.15) is 5.82 Å². The van der Waals surface area contributed by atoms with E-state index in [2.05, 4.69) is 15.1 Å². The minimum atomic E-state index is -0.400.